The molecule has 0 fully saturated rings. The van der Waals surface area contributed by atoms with Gasteiger partial charge in [0.05, 0.1) is 11.1 Å². The molecule has 0 bridgehead atoms. The van der Waals surface area contributed by atoms with Crippen LogP contribution < -0.4 is 5.56 Å². The number of fused-ring (bicyclic) bond motifs is 1. The van der Waals surface area contributed by atoms with E-state index in [-0.39, 0.29) is 5.56 Å². The van der Waals surface area contributed by atoms with E-state index >= 15 is 0 Å². The molecule has 3 nitrogen and oxygen atoms in total. The molecule has 0 radical (unpaired) electrons. The molecule has 1 aromatic carbocycles. The fraction of sp³-hybridized carbons (Fsp3) is 0.182. The standard InChI is InChI=1S/C11H11NO2/c1-7-8(2)12(14)11(13)10-6-4-3-5-9(7)10/h3-6,14H,1-2H3. The summed E-state index contributed by atoms with van der Waals surface area (Å²) in [5.74, 6) is 0. The van der Waals surface area contributed by atoms with Crippen molar-refractivity contribution in [2.75, 3.05) is 0 Å². The third kappa shape index (κ3) is 1.02. The Kier molecular flexibility index (Phi) is 1.81. The van der Waals surface area contributed by atoms with Crippen molar-refractivity contribution in [1.29, 1.82) is 0 Å². The summed E-state index contributed by atoms with van der Waals surface area (Å²) < 4.78 is 0.706. The second-order valence-electron chi connectivity index (χ2n) is 3.37. The molecule has 2 aromatic rings. The van der Waals surface area contributed by atoms with Crippen LogP contribution in [0, 0.1) is 13.8 Å². The summed E-state index contributed by atoms with van der Waals surface area (Å²) in [4.78, 5) is 11.6. The predicted molar refractivity (Wildman–Crippen MR) is 54.9 cm³/mol. The van der Waals surface area contributed by atoms with Crippen LogP contribution in [0.3, 0.4) is 0 Å². The van der Waals surface area contributed by atoms with E-state index < -0.39 is 0 Å². The Morgan fingerprint density at radius 2 is 1.71 bits per heavy atom. The third-order valence-corrected chi connectivity index (χ3v) is 2.61. The van der Waals surface area contributed by atoms with Crippen molar-refractivity contribution in [3.8, 4) is 0 Å². The lowest BCUT2D eigenvalue weighted by Gasteiger charge is -2.08. The summed E-state index contributed by atoms with van der Waals surface area (Å²) in [5, 5.41) is 10.9. The Morgan fingerprint density at radius 3 is 2.36 bits per heavy atom. The summed E-state index contributed by atoms with van der Waals surface area (Å²) in [6, 6.07) is 7.28. The fourth-order valence-corrected chi connectivity index (χ4v) is 1.62. The van der Waals surface area contributed by atoms with Gasteiger partial charge < -0.3 is 5.21 Å². The quantitative estimate of drug-likeness (QED) is 0.643. The van der Waals surface area contributed by atoms with Gasteiger partial charge in [-0.2, -0.15) is 4.73 Å². The van der Waals surface area contributed by atoms with Crippen molar-refractivity contribution in [3.05, 3.63) is 45.9 Å². The van der Waals surface area contributed by atoms with Crippen molar-refractivity contribution in [2.24, 2.45) is 0 Å². The Morgan fingerprint density at radius 1 is 1.14 bits per heavy atom. The van der Waals surface area contributed by atoms with Crippen molar-refractivity contribution in [1.82, 2.24) is 4.73 Å². The Bertz CT molecular complexity index is 555. The average Bonchev–Trinajstić information content (AvgIpc) is 2.23. The van der Waals surface area contributed by atoms with E-state index in [0.29, 0.717) is 15.8 Å². The van der Waals surface area contributed by atoms with Gasteiger partial charge in [0.2, 0.25) is 0 Å². The number of aromatic nitrogens is 1. The summed E-state index contributed by atoms with van der Waals surface area (Å²) in [6.45, 7) is 3.62. The maximum absolute atomic E-state index is 11.6. The highest BCUT2D eigenvalue weighted by Crippen LogP contribution is 2.16. The number of benzene rings is 1. The van der Waals surface area contributed by atoms with E-state index in [1.54, 1.807) is 19.1 Å². The Labute approximate surface area is 81.2 Å². The summed E-state index contributed by atoms with van der Waals surface area (Å²) in [5.41, 5.74) is 1.17. The van der Waals surface area contributed by atoms with Crippen molar-refractivity contribution in [3.63, 3.8) is 0 Å². The molecule has 1 N–H and O–H groups in total. The van der Waals surface area contributed by atoms with Gasteiger partial charge in [0.15, 0.2) is 0 Å². The highest BCUT2D eigenvalue weighted by molar-refractivity contribution is 5.85. The van der Waals surface area contributed by atoms with E-state index in [1.807, 2.05) is 19.1 Å². The average molecular weight is 189 g/mol. The lowest BCUT2D eigenvalue weighted by molar-refractivity contribution is 0.169. The number of rotatable bonds is 0. The molecule has 72 valence electrons. The molecular weight excluding hydrogens is 178 g/mol. The molecule has 2 rings (SSSR count). The SMILES string of the molecule is Cc1c(C)n(O)c(=O)c2ccccc12. The van der Waals surface area contributed by atoms with Crippen LogP contribution in [0.1, 0.15) is 11.3 Å². The summed E-state index contributed by atoms with van der Waals surface area (Å²) >= 11 is 0. The van der Waals surface area contributed by atoms with Gasteiger partial charge in [-0.15, -0.1) is 0 Å². The van der Waals surface area contributed by atoms with Crippen LogP contribution in [-0.2, 0) is 0 Å². The molecular formula is C11H11NO2. The normalized spacial score (nSPS) is 10.7. The van der Waals surface area contributed by atoms with E-state index in [0.717, 1.165) is 10.9 Å². The van der Waals surface area contributed by atoms with E-state index in [9.17, 15) is 10.0 Å². The zero-order valence-electron chi connectivity index (χ0n) is 8.11. The van der Waals surface area contributed by atoms with E-state index in [2.05, 4.69) is 0 Å². The molecule has 0 amide bonds. The number of hydrogen-bond donors (Lipinski definition) is 1. The molecule has 0 saturated heterocycles. The Balaban J connectivity index is 3.10. The first-order chi connectivity index (χ1) is 6.63. The van der Waals surface area contributed by atoms with Crippen molar-refractivity contribution in [2.45, 2.75) is 13.8 Å². The van der Waals surface area contributed by atoms with Gasteiger partial charge in [0, 0.05) is 0 Å². The zero-order chi connectivity index (χ0) is 10.3. The first-order valence-electron chi connectivity index (χ1n) is 4.43. The molecule has 0 saturated carbocycles. The van der Waals surface area contributed by atoms with Gasteiger partial charge in [0.1, 0.15) is 0 Å². The highest BCUT2D eigenvalue weighted by atomic mass is 16.5. The zero-order valence-corrected chi connectivity index (χ0v) is 8.11. The number of aryl methyl sites for hydroxylation is 1. The van der Waals surface area contributed by atoms with Gasteiger partial charge in [-0.25, -0.2) is 0 Å². The predicted octanol–water partition coefficient (Wildman–Crippen LogP) is 1.86. The highest BCUT2D eigenvalue weighted by Gasteiger charge is 2.08. The minimum absolute atomic E-state index is 0.358. The monoisotopic (exact) mass is 189 g/mol. The van der Waals surface area contributed by atoms with Gasteiger partial charge in [-0.05, 0) is 30.9 Å². The first-order valence-corrected chi connectivity index (χ1v) is 4.43. The van der Waals surface area contributed by atoms with Crippen LogP contribution in [0.25, 0.3) is 10.8 Å². The van der Waals surface area contributed by atoms with Gasteiger partial charge >= 0.3 is 0 Å². The maximum Gasteiger partial charge on any atom is 0.290 e. The number of hydrogen-bond acceptors (Lipinski definition) is 2. The van der Waals surface area contributed by atoms with Crippen LogP contribution in [0.5, 0.6) is 0 Å². The van der Waals surface area contributed by atoms with Crippen LogP contribution in [0.2, 0.25) is 0 Å². The van der Waals surface area contributed by atoms with Gasteiger partial charge in [-0.3, -0.25) is 4.79 Å². The minimum Gasteiger partial charge on any atom is -0.425 e. The van der Waals surface area contributed by atoms with Gasteiger partial charge in [-0.1, -0.05) is 18.2 Å². The minimum atomic E-state index is -0.358. The molecule has 0 aliphatic rings. The maximum atomic E-state index is 11.6. The van der Waals surface area contributed by atoms with Crippen molar-refractivity contribution < 1.29 is 5.21 Å². The second-order valence-corrected chi connectivity index (χ2v) is 3.37. The van der Waals surface area contributed by atoms with E-state index in [4.69, 9.17) is 0 Å². The first kappa shape index (κ1) is 8.81. The second kappa shape index (κ2) is 2.87. The van der Waals surface area contributed by atoms with Crippen LogP contribution in [-0.4, -0.2) is 9.94 Å². The molecule has 0 spiro atoms. The number of pyridine rings is 1. The topological polar surface area (TPSA) is 42.2 Å². The van der Waals surface area contributed by atoms with Crippen molar-refractivity contribution >= 4 is 10.8 Å². The van der Waals surface area contributed by atoms with Gasteiger partial charge in [0.25, 0.3) is 5.56 Å². The lowest BCUT2D eigenvalue weighted by Crippen LogP contribution is -2.21. The largest absolute Gasteiger partial charge is 0.425 e. The smallest absolute Gasteiger partial charge is 0.290 e. The van der Waals surface area contributed by atoms with E-state index in [1.165, 1.54) is 0 Å². The molecule has 0 aliphatic heterocycles. The van der Waals surface area contributed by atoms with Crippen LogP contribution in [0.4, 0.5) is 0 Å². The molecule has 0 unspecified atom stereocenters. The fourth-order valence-electron chi connectivity index (χ4n) is 1.62. The lowest BCUT2D eigenvalue weighted by atomic mass is 10.1. The summed E-state index contributed by atoms with van der Waals surface area (Å²) in [6.07, 6.45) is 0. The number of nitrogens with zero attached hydrogens (tertiary/aromatic N) is 1. The Hall–Kier alpha value is -1.77. The molecule has 0 aliphatic carbocycles. The molecule has 14 heavy (non-hydrogen) atoms. The van der Waals surface area contributed by atoms with Crippen LogP contribution >= 0.6 is 0 Å². The molecule has 1 heterocycles. The molecule has 0 atom stereocenters. The summed E-state index contributed by atoms with van der Waals surface area (Å²) in [7, 11) is 0. The molecule has 1 aromatic heterocycles. The van der Waals surface area contributed by atoms with Crippen LogP contribution in [0.15, 0.2) is 29.1 Å². The third-order valence-electron chi connectivity index (χ3n) is 2.61. The molecule has 3 heteroatoms.